The second-order valence-corrected chi connectivity index (χ2v) is 3.90. The Bertz CT molecular complexity index is 94.3. The Labute approximate surface area is 81.4 Å². The van der Waals surface area contributed by atoms with Crippen molar-refractivity contribution < 1.29 is 5.11 Å². The fourth-order valence-corrected chi connectivity index (χ4v) is 1.38. The summed E-state index contributed by atoms with van der Waals surface area (Å²) in [7, 11) is 0. The first kappa shape index (κ1) is 14.1. The van der Waals surface area contributed by atoms with E-state index in [9.17, 15) is 0 Å². The van der Waals surface area contributed by atoms with Crippen LogP contribution in [-0.2, 0) is 0 Å². The molecule has 0 aromatic heterocycles. The summed E-state index contributed by atoms with van der Waals surface area (Å²) >= 11 is 0. The Kier molecular flexibility index (Phi) is 6.70. The smallest absolute Gasteiger partial charge is 0.0540 e. The molecule has 0 amide bonds. The molecule has 0 aromatic rings. The highest BCUT2D eigenvalue weighted by molar-refractivity contribution is 5.85. The topological polar surface area (TPSA) is 20.2 Å². The minimum Gasteiger partial charge on any atom is -0.393 e. The molecule has 0 bridgehead atoms. The van der Waals surface area contributed by atoms with E-state index in [2.05, 4.69) is 13.8 Å². The minimum atomic E-state index is -0.00183. The molecule has 0 radical (unpaired) electrons. The lowest BCUT2D eigenvalue weighted by Gasteiger charge is -2.31. The average molecular weight is 201 g/mol. The van der Waals surface area contributed by atoms with Gasteiger partial charge >= 0.3 is 0 Å². The maximum absolute atomic E-state index is 9.14. The van der Waals surface area contributed by atoms with Crippen molar-refractivity contribution in [1.29, 1.82) is 0 Å². The van der Waals surface area contributed by atoms with Gasteiger partial charge in [-0.2, -0.15) is 0 Å². The number of rotatable bonds is 0. The molecule has 0 unspecified atom stereocenters. The fraction of sp³-hybridized carbons (Fsp3) is 1.00. The van der Waals surface area contributed by atoms with E-state index in [4.69, 9.17) is 5.11 Å². The summed E-state index contributed by atoms with van der Waals surface area (Å²) in [6, 6.07) is 0. The molecule has 0 aromatic carbocycles. The largest absolute Gasteiger partial charge is 0.393 e. The quantitative estimate of drug-likeness (QED) is 0.638. The van der Waals surface area contributed by atoms with Crippen molar-refractivity contribution in [3.05, 3.63) is 0 Å². The van der Waals surface area contributed by atoms with Gasteiger partial charge < -0.3 is 5.11 Å². The molecule has 1 aliphatic carbocycles. The van der Waals surface area contributed by atoms with Crippen LogP contribution in [0.2, 0.25) is 0 Å². The van der Waals surface area contributed by atoms with Gasteiger partial charge in [0.1, 0.15) is 0 Å². The molecule has 0 aliphatic heterocycles. The van der Waals surface area contributed by atoms with Crippen LogP contribution >= 0.6 is 24.8 Å². The van der Waals surface area contributed by atoms with Crippen LogP contribution in [0.25, 0.3) is 0 Å². The molecule has 1 nitrogen and oxygen atoms in total. The van der Waals surface area contributed by atoms with E-state index in [0.29, 0.717) is 5.41 Å². The summed E-state index contributed by atoms with van der Waals surface area (Å²) in [6.07, 6.45) is 4.39. The molecular formula is C8H18Cl2O. The lowest BCUT2D eigenvalue weighted by molar-refractivity contribution is 0.0800. The van der Waals surface area contributed by atoms with Crippen molar-refractivity contribution in [2.45, 2.75) is 45.6 Å². The van der Waals surface area contributed by atoms with Gasteiger partial charge in [0.15, 0.2) is 0 Å². The molecule has 11 heavy (non-hydrogen) atoms. The van der Waals surface area contributed by atoms with Crippen molar-refractivity contribution in [2.75, 3.05) is 0 Å². The number of aliphatic hydroxyl groups is 1. The van der Waals surface area contributed by atoms with Crippen LogP contribution in [0.15, 0.2) is 0 Å². The van der Waals surface area contributed by atoms with Gasteiger partial charge in [-0.05, 0) is 31.1 Å². The first-order chi connectivity index (χ1) is 4.10. The van der Waals surface area contributed by atoms with Gasteiger partial charge in [0.25, 0.3) is 0 Å². The van der Waals surface area contributed by atoms with E-state index in [-0.39, 0.29) is 30.9 Å². The summed E-state index contributed by atoms with van der Waals surface area (Å²) in [4.78, 5) is 0. The highest BCUT2D eigenvalue weighted by atomic mass is 35.5. The van der Waals surface area contributed by atoms with E-state index in [1.807, 2.05) is 0 Å². The zero-order valence-electron chi connectivity index (χ0n) is 7.17. The highest BCUT2D eigenvalue weighted by Crippen LogP contribution is 2.34. The third kappa shape index (κ3) is 4.89. The van der Waals surface area contributed by atoms with E-state index < -0.39 is 0 Å². The third-order valence-electron chi connectivity index (χ3n) is 2.31. The van der Waals surface area contributed by atoms with Crippen LogP contribution < -0.4 is 0 Å². The monoisotopic (exact) mass is 200 g/mol. The predicted octanol–water partition coefficient (Wildman–Crippen LogP) is 2.79. The minimum absolute atomic E-state index is 0. The Balaban J connectivity index is 0. The second kappa shape index (κ2) is 5.23. The predicted molar refractivity (Wildman–Crippen MR) is 52.8 cm³/mol. The zero-order valence-corrected chi connectivity index (χ0v) is 8.80. The number of aliphatic hydroxyl groups excluding tert-OH is 1. The molecule has 70 valence electrons. The highest BCUT2D eigenvalue weighted by Gasteiger charge is 2.24. The van der Waals surface area contributed by atoms with Gasteiger partial charge in [-0.25, -0.2) is 0 Å². The summed E-state index contributed by atoms with van der Waals surface area (Å²) in [6.45, 7) is 4.55. The van der Waals surface area contributed by atoms with E-state index in [0.717, 1.165) is 12.8 Å². The second-order valence-electron chi connectivity index (χ2n) is 3.90. The van der Waals surface area contributed by atoms with Gasteiger partial charge in [0, 0.05) is 0 Å². The summed E-state index contributed by atoms with van der Waals surface area (Å²) in [5.74, 6) is 0. The number of halogens is 2. The Morgan fingerprint density at radius 2 is 1.45 bits per heavy atom. The summed E-state index contributed by atoms with van der Waals surface area (Å²) < 4.78 is 0. The standard InChI is InChI=1S/C8H16O.2ClH/c1-8(2)5-3-7(9)4-6-8;;/h7,9H,3-6H2,1-2H3;2*1H. The van der Waals surface area contributed by atoms with Crippen molar-refractivity contribution in [2.24, 2.45) is 5.41 Å². The molecule has 1 saturated carbocycles. The van der Waals surface area contributed by atoms with Crippen LogP contribution in [0.5, 0.6) is 0 Å². The van der Waals surface area contributed by atoms with Crippen molar-refractivity contribution in [1.82, 2.24) is 0 Å². The molecule has 1 fully saturated rings. The summed E-state index contributed by atoms with van der Waals surface area (Å²) in [5.41, 5.74) is 0.499. The van der Waals surface area contributed by atoms with Crippen LogP contribution in [0.3, 0.4) is 0 Å². The molecule has 1 rings (SSSR count). The van der Waals surface area contributed by atoms with E-state index >= 15 is 0 Å². The Morgan fingerprint density at radius 1 is 1.09 bits per heavy atom. The first-order valence-electron chi connectivity index (χ1n) is 3.78. The molecule has 3 heteroatoms. The lowest BCUT2D eigenvalue weighted by atomic mass is 9.76. The molecule has 0 heterocycles. The number of hydrogen-bond donors (Lipinski definition) is 1. The molecule has 0 atom stereocenters. The molecule has 1 aliphatic rings. The van der Waals surface area contributed by atoms with E-state index in [1.54, 1.807) is 0 Å². The zero-order chi connectivity index (χ0) is 6.91. The van der Waals surface area contributed by atoms with Crippen molar-refractivity contribution in [3.8, 4) is 0 Å². The van der Waals surface area contributed by atoms with Gasteiger partial charge in [-0.15, -0.1) is 24.8 Å². The van der Waals surface area contributed by atoms with Crippen LogP contribution in [0.1, 0.15) is 39.5 Å². The maximum Gasteiger partial charge on any atom is 0.0540 e. The lowest BCUT2D eigenvalue weighted by Crippen LogP contribution is -2.23. The molecule has 1 N–H and O–H groups in total. The molecular weight excluding hydrogens is 183 g/mol. The van der Waals surface area contributed by atoms with Gasteiger partial charge in [-0.3, -0.25) is 0 Å². The van der Waals surface area contributed by atoms with Crippen molar-refractivity contribution >= 4 is 24.8 Å². The van der Waals surface area contributed by atoms with Crippen LogP contribution in [-0.4, -0.2) is 11.2 Å². The third-order valence-corrected chi connectivity index (χ3v) is 2.31. The van der Waals surface area contributed by atoms with Crippen LogP contribution in [0.4, 0.5) is 0 Å². The van der Waals surface area contributed by atoms with Gasteiger partial charge in [0.05, 0.1) is 6.10 Å². The SMILES string of the molecule is CC1(C)CCC(O)CC1.Cl.Cl. The Hall–Kier alpha value is 0.540. The number of hydrogen-bond acceptors (Lipinski definition) is 1. The first-order valence-corrected chi connectivity index (χ1v) is 3.78. The fourth-order valence-electron chi connectivity index (χ4n) is 1.38. The van der Waals surface area contributed by atoms with E-state index in [1.165, 1.54) is 12.8 Å². The summed E-state index contributed by atoms with van der Waals surface area (Å²) in [5, 5.41) is 9.14. The normalized spacial score (nSPS) is 23.2. The van der Waals surface area contributed by atoms with Gasteiger partial charge in [0.2, 0.25) is 0 Å². The average Bonchev–Trinajstić information content (AvgIpc) is 1.78. The maximum atomic E-state index is 9.14. The van der Waals surface area contributed by atoms with Crippen LogP contribution in [0, 0.1) is 5.41 Å². The molecule has 0 saturated heterocycles. The van der Waals surface area contributed by atoms with Crippen molar-refractivity contribution in [3.63, 3.8) is 0 Å². The van der Waals surface area contributed by atoms with Gasteiger partial charge in [-0.1, -0.05) is 13.8 Å². The Morgan fingerprint density at radius 3 is 1.73 bits per heavy atom. The molecule has 0 spiro atoms.